The third-order valence-electron chi connectivity index (χ3n) is 2.59. The van der Waals surface area contributed by atoms with E-state index in [2.05, 4.69) is 15.2 Å². The van der Waals surface area contributed by atoms with Crippen LogP contribution in [0.15, 0.2) is 24.5 Å². The summed E-state index contributed by atoms with van der Waals surface area (Å²) >= 11 is 5.00. The fourth-order valence-electron chi connectivity index (χ4n) is 1.84. The molecule has 0 aliphatic rings. The highest BCUT2D eigenvalue weighted by molar-refractivity contribution is 7.71. The van der Waals surface area contributed by atoms with Crippen LogP contribution in [0.3, 0.4) is 0 Å². The predicted octanol–water partition coefficient (Wildman–Crippen LogP) is 3.52. The number of rotatable bonds is 3. The van der Waals surface area contributed by atoms with Gasteiger partial charge in [-0.05, 0) is 31.3 Å². The van der Waals surface area contributed by atoms with Crippen LogP contribution in [-0.4, -0.2) is 25.9 Å². The van der Waals surface area contributed by atoms with Crippen molar-refractivity contribution < 1.29 is 13.2 Å². The summed E-state index contributed by atoms with van der Waals surface area (Å²) in [5.41, 5.74) is 0.615. The minimum Gasteiger partial charge on any atom is -0.297 e. The van der Waals surface area contributed by atoms with Gasteiger partial charge < -0.3 is 0 Å². The number of halogens is 3. The highest BCUT2D eigenvalue weighted by atomic mass is 32.1. The molecule has 1 atom stereocenters. The first-order chi connectivity index (χ1) is 8.88. The summed E-state index contributed by atoms with van der Waals surface area (Å²) in [6, 6.07) is 2.57. The van der Waals surface area contributed by atoms with Gasteiger partial charge in [0.25, 0.3) is 0 Å². The molecule has 2 rings (SSSR count). The summed E-state index contributed by atoms with van der Waals surface area (Å²) in [6.07, 6.45) is -2.11. The van der Waals surface area contributed by atoms with Gasteiger partial charge in [-0.15, -0.1) is 0 Å². The van der Waals surface area contributed by atoms with E-state index >= 15 is 0 Å². The van der Waals surface area contributed by atoms with Crippen molar-refractivity contribution in [2.24, 2.45) is 0 Å². The second-order valence-corrected chi connectivity index (χ2v) is 4.52. The minimum absolute atomic E-state index is 0.163. The molecule has 1 unspecified atom stereocenters. The zero-order valence-electron chi connectivity index (χ0n) is 9.98. The van der Waals surface area contributed by atoms with Crippen molar-refractivity contribution >= 4 is 12.2 Å². The van der Waals surface area contributed by atoms with E-state index in [9.17, 15) is 13.2 Å². The van der Waals surface area contributed by atoms with Gasteiger partial charge in [-0.3, -0.25) is 14.6 Å². The summed E-state index contributed by atoms with van der Waals surface area (Å²) in [4.78, 5) is 3.92. The molecule has 0 spiro atoms. The molecule has 2 aromatic rings. The minimum atomic E-state index is -4.25. The summed E-state index contributed by atoms with van der Waals surface area (Å²) in [6.45, 7) is 1.46. The molecule has 0 aliphatic carbocycles. The number of nitrogens with one attached hydrogen (secondary N) is 1. The number of hydrogen-bond donors (Lipinski definition) is 1. The zero-order chi connectivity index (χ0) is 14.0. The third-order valence-corrected chi connectivity index (χ3v) is 2.88. The monoisotopic (exact) mass is 288 g/mol. The number of aromatic nitrogens is 4. The van der Waals surface area contributed by atoms with E-state index in [1.165, 1.54) is 17.7 Å². The summed E-state index contributed by atoms with van der Waals surface area (Å²) < 4.78 is 38.9. The summed E-state index contributed by atoms with van der Waals surface area (Å²) in [5.74, 6) is 0.356. The molecule has 0 saturated heterocycles. The van der Waals surface area contributed by atoms with Crippen LogP contribution >= 0.6 is 12.2 Å². The molecule has 0 bridgehead atoms. The molecular formula is C11H11F3N4S. The van der Waals surface area contributed by atoms with Gasteiger partial charge in [0, 0.05) is 24.0 Å². The van der Waals surface area contributed by atoms with Gasteiger partial charge in [-0.1, -0.05) is 0 Å². The van der Waals surface area contributed by atoms with E-state index in [-0.39, 0.29) is 4.77 Å². The molecular weight excluding hydrogens is 277 g/mol. The molecule has 0 aliphatic heterocycles. The molecule has 0 aromatic carbocycles. The van der Waals surface area contributed by atoms with Crippen LogP contribution in [-0.2, 0) is 0 Å². The Hall–Kier alpha value is -1.70. The standard InChI is InChI=1S/C11H11F3N4S/c1-7(5-11(12,13)14)18-9(16-17-10(18)19)8-3-2-4-15-6-8/h2-4,6-7H,5H2,1H3,(H,17,19). The van der Waals surface area contributed by atoms with Crippen molar-refractivity contribution in [1.82, 2.24) is 19.7 Å². The van der Waals surface area contributed by atoms with Gasteiger partial charge in [-0.2, -0.15) is 18.3 Å². The van der Waals surface area contributed by atoms with E-state index in [4.69, 9.17) is 12.2 Å². The lowest BCUT2D eigenvalue weighted by atomic mass is 10.2. The van der Waals surface area contributed by atoms with Gasteiger partial charge in [0.2, 0.25) is 0 Å². The highest BCUT2D eigenvalue weighted by Crippen LogP contribution is 2.30. The van der Waals surface area contributed by atoms with Crippen LogP contribution in [0.25, 0.3) is 11.4 Å². The van der Waals surface area contributed by atoms with Gasteiger partial charge in [0.05, 0.1) is 6.42 Å². The van der Waals surface area contributed by atoms with Crippen molar-refractivity contribution in [1.29, 1.82) is 0 Å². The number of nitrogens with zero attached hydrogens (tertiary/aromatic N) is 3. The molecule has 0 saturated carbocycles. The second kappa shape index (κ2) is 5.12. The van der Waals surface area contributed by atoms with E-state index in [0.717, 1.165) is 0 Å². The summed E-state index contributed by atoms with van der Waals surface area (Å²) in [5, 5.41) is 6.50. The maximum absolute atomic E-state index is 12.5. The number of alkyl halides is 3. The number of H-pyrrole nitrogens is 1. The molecule has 2 aromatic heterocycles. The predicted molar refractivity (Wildman–Crippen MR) is 66.0 cm³/mol. The summed E-state index contributed by atoms with van der Waals surface area (Å²) in [7, 11) is 0. The average molecular weight is 288 g/mol. The Bertz CT molecular complexity index is 602. The maximum atomic E-state index is 12.5. The molecule has 8 heteroatoms. The highest BCUT2D eigenvalue weighted by Gasteiger charge is 2.32. The Morgan fingerprint density at radius 1 is 1.47 bits per heavy atom. The van der Waals surface area contributed by atoms with Crippen LogP contribution in [0.5, 0.6) is 0 Å². The molecule has 0 radical (unpaired) electrons. The molecule has 0 amide bonds. The number of hydrogen-bond acceptors (Lipinski definition) is 3. The van der Waals surface area contributed by atoms with Gasteiger partial charge in [0.15, 0.2) is 10.6 Å². The van der Waals surface area contributed by atoms with E-state index < -0.39 is 18.6 Å². The molecule has 19 heavy (non-hydrogen) atoms. The third kappa shape index (κ3) is 3.19. The van der Waals surface area contributed by atoms with Gasteiger partial charge in [0.1, 0.15) is 0 Å². The fourth-order valence-corrected chi connectivity index (χ4v) is 2.15. The Morgan fingerprint density at radius 2 is 2.21 bits per heavy atom. The van der Waals surface area contributed by atoms with Gasteiger partial charge in [-0.25, -0.2) is 0 Å². The Labute approximate surface area is 112 Å². The first kappa shape index (κ1) is 13.7. The average Bonchev–Trinajstić information content (AvgIpc) is 2.70. The second-order valence-electron chi connectivity index (χ2n) is 4.13. The first-order valence-electron chi connectivity index (χ1n) is 5.52. The normalized spacial score (nSPS) is 13.5. The molecule has 1 N–H and O–H groups in total. The van der Waals surface area contributed by atoms with E-state index in [0.29, 0.717) is 11.4 Å². The van der Waals surface area contributed by atoms with Crippen molar-refractivity contribution in [2.75, 3.05) is 0 Å². The Morgan fingerprint density at radius 3 is 2.79 bits per heavy atom. The maximum Gasteiger partial charge on any atom is 0.391 e. The van der Waals surface area contributed by atoms with Crippen LogP contribution in [0.1, 0.15) is 19.4 Å². The van der Waals surface area contributed by atoms with Crippen LogP contribution < -0.4 is 0 Å². The lowest BCUT2D eigenvalue weighted by molar-refractivity contribution is -0.141. The van der Waals surface area contributed by atoms with Crippen LogP contribution in [0.4, 0.5) is 13.2 Å². The zero-order valence-corrected chi connectivity index (χ0v) is 10.8. The topological polar surface area (TPSA) is 46.5 Å². The van der Waals surface area contributed by atoms with Crippen molar-refractivity contribution in [3.05, 3.63) is 29.3 Å². The van der Waals surface area contributed by atoms with Crippen molar-refractivity contribution in [3.8, 4) is 11.4 Å². The smallest absolute Gasteiger partial charge is 0.297 e. The van der Waals surface area contributed by atoms with E-state index in [1.807, 2.05) is 0 Å². The molecule has 4 nitrogen and oxygen atoms in total. The SMILES string of the molecule is CC(CC(F)(F)F)n1c(-c2cccnc2)n[nH]c1=S. The number of aromatic amines is 1. The Kier molecular flexibility index (Phi) is 3.70. The van der Waals surface area contributed by atoms with Gasteiger partial charge >= 0.3 is 6.18 Å². The Balaban J connectivity index is 2.41. The first-order valence-corrected chi connectivity index (χ1v) is 5.93. The van der Waals surface area contributed by atoms with Crippen LogP contribution in [0, 0.1) is 4.77 Å². The molecule has 2 heterocycles. The fraction of sp³-hybridized carbons (Fsp3) is 0.364. The lowest BCUT2D eigenvalue weighted by Gasteiger charge is -2.17. The lowest BCUT2D eigenvalue weighted by Crippen LogP contribution is -2.17. The quantitative estimate of drug-likeness (QED) is 0.879. The van der Waals surface area contributed by atoms with E-state index in [1.54, 1.807) is 18.3 Å². The van der Waals surface area contributed by atoms with Crippen molar-refractivity contribution in [2.45, 2.75) is 25.6 Å². The molecule has 102 valence electrons. The van der Waals surface area contributed by atoms with Crippen molar-refractivity contribution in [3.63, 3.8) is 0 Å². The largest absolute Gasteiger partial charge is 0.391 e. The number of pyridine rings is 1. The molecule has 0 fully saturated rings. The van der Waals surface area contributed by atoms with Crippen LogP contribution in [0.2, 0.25) is 0 Å².